The standard InChI is InChI=1S/C8H9BrN2O2/c1-5-4-10-7(3-9)6(2)8(5)11(12)13/h4H,3H2,1-2H3. The molecule has 0 aliphatic heterocycles. The molecule has 0 N–H and O–H groups in total. The number of alkyl halides is 1. The van der Waals surface area contributed by atoms with Crippen molar-refractivity contribution in [2.75, 3.05) is 0 Å². The third-order valence-electron chi connectivity index (χ3n) is 1.88. The van der Waals surface area contributed by atoms with Crippen LogP contribution in [0.25, 0.3) is 0 Å². The fraction of sp³-hybridized carbons (Fsp3) is 0.375. The average molecular weight is 245 g/mol. The van der Waals surface area contributed by atoms with E-state index < -0.39 is 0 Å². The highest BCUT2D eigenvalue weighted by atomic mass is 79.9. The molecule has 1 aromatic heterocycles. The lowest BCUT2D eigenvalue weighted by molar-refractivity contribution is -0.386. The van der Waals surface area contributed by atoms with E-state index in [2.05, 4.69) is 20.9 Å². The van der Waals surface area contributed by atoms with Gasteiger partial charge in [-0.2, -0.15) is 0 Å². The summed E-state index contributed by atoms with van der Waals surface area (Å²) in [5, 5.41) is 11.2. The summed E-state index contributed by atoms with van der Waals surface area (Å²) in [5.74, 6) is 0. The van der Waals surface area contributed by atoms with Crippen molar-refractivity contribution in [1.82, 2.24) is 4.98 Å². The first kappa shape index (κ1) is 10.1. The Hall–Kier alpha value is -0.970. The molecule has 0 atom stereocenters. The minimum absolute atomic E-state index is 0.171. The van der Waals surface area contributed by atoms with Crippen LogP contribution < -0.4 is 0 Å². The summed E-state index contributed by atoms with van der Waals surface area (Å²) in [7, 11) is 0. The van der Waals surface area contributed by atoms with E-state index in [1.165, 1.54) is 6.20 Å². The van der Waals surface area contributed by atoms with Crippen molar-refractivity contribution in [2.45, 2.75) is 19.2 Å². The Balaban J connectivity index is 3.38. The molecule has 0 saturated heterocycles. The second kappa shape index (κ2) is 3.83. The van der Waals surface area contributed by atoms with Gasteiger partial charge in [-0.1, -0.05) is 15.9 Å². The van der Waals surface area contributed by atoms with Gasteiger partial charge in [0, 0.05) is 22.7 Å². The Bertz CT molecular complexity index is 352. The maximum absolute atomic E-state index is 10.7. The minimum Gasteiger partial charge on any atom is -0.259 e. The van der Waals surface area contributed by atoms with Gasteiger partial charge >= 0.3 is 0 Å². The van der Waals surface area contributed by atoms with Crippen molar-refractivity contribution in [3.63, 3.8) is 0 Å². The number of halogens is 1. The number of aromatic nitrogens is 1. The number of hydrogen-bond acceptors (Lipinski definition) is 3. The van der Waals surface area contributed by atoms with Crippen LogP contribution in [-0.4, -0.2) is 9.91 Å². The Kier molecular flexibility index (Phi) is 2.98. The summed E-state index contributed by atoms with van der Waals surface area (Å²) >= 11 is 3.23. The van der Waals surface area contributed by atoms with Crippen LogP contribution in [0.1, 0.15) is 16.8 Å². The molecule has 1 heterocycles. The van der Waals surface area contributed by atoms with E-state index in [1.807, 2.05) is 0 Å². The lowest BCUT2D eigenvalue weighted by Gasteiger charge is -2.03. The number of rotatable bonds is 2. The monoisotopic (exact) mass is 244 g/mol. The zero-order valence-electron chi connectivity index (χ0n) is 7.37. The number of aryl methyl sites for hydroxylation is 1. The fourth-order valence-corrected chi connectivity index (χ4v) is 1.75. The van der Waals surface area contributed by atoms with Crippen molar-refractivity contribution in [1.29, 1.82) is 0 Å². The van der Waals surface area contributed by atoms with Crippen molar-refractivity contribution in [2.24, 2.45) is 0 Å². The Morgan fingerprint density at radius 1 is 1.62 bits per heavy atom. The third-order valence-corrected chi connectivity index (χ3v) is 2.42. The van der Waals surface area contributed by atoms with E-state index in [0.717, 1.165) is 5.69 Å². The molecule has 0 aromatic carbocycles. The van der Waals surface area contributed by atoms with Gasteiger partial charge in [-0.05, 0) is 13.8 Å². The van der Waals surface area contributed by atoms with Gasteiger partial charge in [0.1, 0.15) is 0 Å². The highest BCUT2D eigenvalue weighted by Gasteiger charge is 2.17. The number of hydrogen-bond donors (Lipinski definition) is 0. The Morgan fingerprint density at radius 2 is 2.23 bits per heavy atom. The summed E-state index contributed by atoms with van der Waals surface area (Å²) in [5.41, 5.74) is 2.14. The van der Waals surface area contributed by atoms with Crippen LogP contribution >= 0.6 is 15.9 Å². The lowest BCUT2D eigenvalue weighted by Crippen LogP contribution is -2.00. The molecule has 5 heteroatoms. The van der Waals surface area contributed by atoms with Crippen LogP contribution in [0, 0.1) is 24.0 Å². The zero-order valence-corrected chi connectivity index (χ0v) is 8.96. The van der Waals surface area contributed by atoms with Crippen molar-refractivity contribution in [3.05, 3.63) is 33.1 Å². The van der Waals surface area contributed by atoms with E-state index in [9.17, 15) is 10.1 Å². The van der Waals surface area contributed by atoms with Gasteiger partial charge in [0.15, 0.2) is 0 Å². The molecule has 0 spiro atoms. The second-order valence-corrected chi connectivity index (χ2v) is 3.31. The van der Waals surface area contributed by atoms with Gasteiger partial charge in [0.05, 0.1) is 10.6 Å². The molecule has 0 aliphatic rings. The van der Waals surface area contributed by atoms with Crippen LogP contribution in [-0.2, 0) is 5.33 Å². The van der Waals surface area contributed by atoms with Crippen molar-refractivity contribution in [3.8, 4) is 0 Å². The summed E-state index contributed by atoms with van der Waals surface area (Å²) in [4.78, 5) is 14.4. The molecule has 0 bridgehead atoms. The predicted octanol–water partition coefficient (Wildman–Crippen LogP) is 2.50. The van der Waals surface area contributed by atoms with Crippen molar-refractivity contribution < 1.29 is 4.92 Å². The maximum atomic E-state index is 10.7. The predicted molar refractivity (Wildman–Crippen MR) is 53.0 cm³/mol. The largest absolute Gasteiger partial charge is 0.278 e. The van der Waals surface area contributed by atoms with Crippen molar-refractivity contribution >= 4 is 21.6 Å². The molecule has 0 amide bonds. The zero-order chi connectivity index (χ0) is 10.0. The lowest BCUT2D eigenvalue weighted by atomic mass is 10.1. The summed E-state index contributed by atoms with van der Waals surface area (Å²) in [6.07, 6.45) is 1.53. The molecule has 4 nitrogen and oxygen atoms in total. The van der Waals surface area contributed by atoms with E-state index in [0.29, 0.717) is 16.5 Å². The molecule has 1 aromatic rings. The van der Waals surface area contributed by atoms with E-state index in [1.54, 1.807) is 13.8 Å². The van der Waals surface area contributed by atoms with E-state index in [4.69, 9.17) is 0 Å². The fourth-order valence-electron chi connectivity index (χ4n) is 1.18. The SMILES string of the molecule is Cc1cnc(CBr)c(C)c1[N+](=O)[O-]. The quantitative estimate of drug-likeness (QED) is 0.457. The van der Waals surface area contributed by atoms with E-state index in [-0.39, 0.29) is 10.6 Å². The molecule has 70 valence electrons. The first-order valence-electron chi connectivity index (χ1n) is 3.73. The highest BCUT2D eigenvalue weighted by Crippen LogP contribution is 2.24. The van der Waals surface area contributed by atoms with Gasteiger partial charge in [-0.15, -0.1) is 0 Å². The molecule has 0 unspecified atom stereocenters. The van der Waals surface area contributed by atoms with Gasteiger partial charge in [-0.3, -0.25) is 15.1 Å². The molecule has 0 radical (unpaired) electrons. The first-order valence-corrected chi connectivity index (χ1v) is 4.85. The normalized spacial score (nSPS) is 10.1. The molecule has 0 saturated carbocycles. The minimum atomic E-state index is -0.363. The van der Waals surface area contributed by atoms with Gasteiger partial charge < -0.3 is 0 Å². The smallest absolute Gasteiger partial charge is 0.259 e. The first-order chi connectivity index (χ1) is 6.07. The van der Waals surface area contributed by atoms with Crippen LogP contribution in [0.3, 0.4) is 0 Å². The van der Waals surface area contributed by atoms with Gasteiger partial charge in [0.2, 0.25) is 0 Å². The Morgan fingerprint density at radius 3 is 2.69 bits per heavy atom. The number of nitrogens with zero attached hydrogens (tertiary/aromatic N) is 2. The Labute approximate surface area is 84.3 Å². The molecule has 0 aliphatic carbocycles. The molecular formula is C8H9BrN2O2. The topological polar surface area (TPSA) is 56.0 Å². The highest BCUT2D eigenvalue weighted by molar-refractivity contribution is 9.08. The van der Waals surface area contributed by atoms with Crippen LogP contribution in [0.4, 0.5) is 5.69 Å². The van der Waals surface area contributed by atoms with E-state index >= 15 is 0 Å². The van der Waals surface area contributed by atoms with Gasteiger partial charge in [-0.25, -0.2) is 0 Å². The molecule has 1 rings (SSSR count). The third kappa shape index (κ3) is 1.85. The second-order valence-electron chi connectivity index (χ2n) is 2.75. The average Bonchev–Trinajstić information content (AvgIpc) is 2.04. The summed E-state index contributed by atoms with van der Waals surface area (Å²) < 4.78 is 0. The number of pyridine rings is 1. The van der Waals surface area contributed by atoms with Crippen LogP contribution in [0.15, 0.2) is 6.20 Å². The summed E-state index contributed by atoms with van der Waals surface area (Å²) in [6.45, 7) is 3.41. The van der Waals surface area contributed by atoms with Gasteiger partial charge in [0.25, 0.3) is 5.69 Å². The van der Waals surface area contributed by atoms with Crippen LogP contribution in [0.2, 0.25) is 0 Å². The maximum Gasteiger partial charge on any atom is 0.278 e. The van der Waals surface area contributed by atoms with Crippen LogP contribution in [0.5, 0.6) is 0 Å². The summed E-state index contributed by atoms with van der Waals surface area (Å²) in [6, 6.07) is 0. The molecule has 13 heavy (non-hydrogen) atoms. The molecule has 0 fully saturated rings. The number of nitro groups is 1. The molecular weight excluding hydrogens is 236 g/mol.